The van der Waals surface area contributed by atoms with Crippen LogP contribution in [0.3, 0.4) is 0 Å². The molecule has 0 atom stereocenters. The second kappa shape index (κ2) is 6.61. The number of nitrogens with two attached hydrogens (primary N) is 1. The Labute approximate surface area is 148 Å². The van der Waals surface area contributed by atoms with Gasteiger partial charge in [-0.3, -0.25) is 0 Å². The lowest BCUT2D eigenvalue weighted by Gasteiger charge is -2.07. The highest BCUT2D eigenvalue weighted by Gasteiger charge is 2.09. The SMILES string of the molecule is CCn1c2ccccc2c2cc(CNCc3cccc(N)c3)ccc21. The number of nitrogen functional groups attached to an aromatic ring is 1. The third-order valence-electron chi connectivity index (χ3n) is 4.76. The number of para-hydroxylation sites is 1. The fourth-order valence-corrected chi connectivity index (χ4v) is 3.61. The van der Waals surface area contributed by atoms with Gasteiger partial charge in [-0.2, -0.15) is 0 Å². The topological polar surface area (TPSA) is 43.0 Å². The van der Waals surface area contributed by atoms with E-state index in [1.807, 2.05) is 18.2 Å². The average Bonchev–Trinajstić information content (AvgIpc) is 2.95. The molecular formula is C22H23N3. The van der Waals surface area contributed by atoms with Gasteiger partial charge in [0.2, 0.25) is 0 Å². The molecule has 0 unspecified atom stereocenters. The van der Waals surface area contributed by atoms with E-state index in [1.54, 1.807) is 0 Å². The van der Waals surface area contributed by atoms with Gasteiger partial charge in [0.1, 0.15) is 0 Å². The number of anilines is 1. The smallest absolute Gasteiger partial charge is 0.0491 e. The Kier molecular flexibility index (Phi) is 4.16. The minimum atomic E-state index is 0.813. The minimum Gasteiger partial charge on any atom is -0.399 e. The Morgan fingerprint density at radius 2 is 1.56 bits per heavy atom. The van der Waals surface area contributed by atoms with Crippen LogP contribution in [0.25, 0.3) is 21.8 Å². The molecule has 0 aliphatic heterocycles. The number of nitrogens with one attached hydrogen (secondary N) is 1. The van der Waals surface area contributed by atoms with Gasteiger partial charge in [0.15, 0.2) is 0 Å². The molecule has 4 aromatic rings. The molecule has 3 aromatic carbocycles. The van der Waals surface area contributed by atoms with Crippen LogP contribution in [0.4, 0.5) is 5.69 Å². The molecule has 0 saturated heterocycles. The van der Waals surface area contributed by atoms with Crippen molar-refractivity contribution in [2.45, 2.75) is 26.6 Å². The van der Waals surface area contributed by atoms with Gasteiger partial charge in [0.25, 0.3) is 0 Å². The van der Waals surface area contributed by atoms with E-state index in [1.165, 1.54) is 32.9 Å². The number of fused-ring (bicyclic) bond motifs is 3. The standard InChI is InChI=1S/C22H23N3/c1-2-25-21-9-4-3-8-19(21)20-13-17(10-11-22(20)25)15-24-14-16-6-5-7-18(23)12-16/h3-13,24H,2,14-15,23H2,1H3. The molecule has 0 aliphatic rings. The van der Waals surface area contributed by atoms with E-state index in [0.717, 1.165) is 25.3 Å². The van der Waals surface area contributed by atoms with Crippen molar-refractivity contribution < 1.29 is 0 Å². The number of benzene rings is 3. The second-order valence-electron chi connectivity index (χ2n) is 6.46. The lowest BCUT2D eigenvalue weighted by Crippen LogP contribution is -2.12. The summed E-state index contributed by atoms with van der Waals surface area (Å²) in [4.78, 5) is 0. The second-order valence-corrected chi connectivity index (χ2v) is 6.46. The van der Waals surface area contributed by atoms with Crippen LogP contribution in [0.2, 0.25) is 0 Å². The normalized spacial score (nSPS) is 11.4. The number of nitrogens with zero attached hydrogens (tertiary/aromatic N) is 1. The zero-order valence-corrected chi connectivity index (χ0v) is 14.5. The van der Waals surface area contributed by atoms with Crippen LogP contribution in [0.15, 0.2) is 66.7 Å². The monoisotopic (exact) mass is 329 g/mol. The third kappa shape index (κ3) is 2.99. The Morgan fingerprint density at radius 3 is 2.36 bits per heavy atom. The van der Waals surface area contributed by atoms with Crippen molar-refractivity contribution in [3.8, 4) is 0 Å². The van der Waals surface area contributed by atoms with Gasteiger partial charge in [-0.25, -0.2) is 0 Å². The number of hydrogen-bond acceptors (Lipinski definition) is 2. The summed E-state index contributed by atoms with van der Waals surface area (Å²) < 4.78 is 2.38. The molecule has 25 heavy (non-hydrogen) atoms. The first-order chi connectivity index (χ1) is 12.3. The van der Waals surface area contributed by atoms with Gasteiger partial charge in [0.05, 0.1) is 0 Å². The lowest BCUT2D eigenvalue weighted by atomic mass is 10.1. The van der Waals surface area contributed by atoms with E-state index >= 15 is 0 Å². The molecule has 0 radical (unpaired) electrons. The Bertz CT molecular complexity index is 1030. The molecule has 4 rings (SSSR count). The fourth-order valence-electron chi connectivity index (χ4n) is 3.61. The van der Waals surface area contributed by atoms with E-state index in [0.29, 0.717) is 0 Å². The van der Waals surface area contributed by atoms with E-state index in [4.69, 9.17) is 5.73 Å². The van der Waals surface area contributed by atoms with Crippen LogP contribution in [0, 0.1) is 0 Å². The predicted molar refractivity (Wildman–Crippen MR) is 107 cm³/mol. The number of aryl methyl sites for hydroxylation is 1. The zero-order chi connectivity index (χ0) is 17.2. The Hall–Kier alpha value is -2.78. The first kappa shape index (κ1) is 15.7. The summed E-state index contributed by atoms with van der Waals surface area (Å²) in [7, 11) is 0. The van der Waals surface area contributed by atoms with Gasteiger partial charge >= 0.3 is 0 Å². The lowest BCUT2D eigenvalue weighted by molar-refractivity contribution is 0.694. The van der Waals surface area contributed by atoms with E-state index < -0.39 is 0 Å². The summed E-state index contributed by atoms with van der Waals surface area (Å²) in [5.74, 6) is 0. The van der Waals surface area contributed by atoms with Crippen molar-refractivity contribution in [3.05, 3.63) is 77.9 Å². The van der Waals surface area contributed by atoms with Crippen molar-refractivity contribution in [2.24, 2.45) is 0 Å². The molecule has 126 valence electrons. The highest BCUT2D eigenvalue weighted by Crippen LogP contribution is 2.29. The molecular weight excluding hydrogens is 306 g/mol. The number of aromatic nitrogens is 1. The highest BCUT2D eigenvalue weighted by molar-refractivity contribution is 6.08. The van der Waals surface area contributed by atoms with Gasteiger partial charge in [0, 0.05) is 47.1 Å². The molecule has 0 fully saturated rings. The van der Waals surface area contributed by atoms with Crippen LogP contribution in [-0.2, 0) is 19.6 Å². The average molecular weight is 329 g/mol. The number of rotatable bonds is 5. The predicted octanol–water partition coefficient (Wildman–Crippen LogP) is 4.69. The van der Waals surface area contributed by atoms with Crippen LogP contribution < -0.4 is 11.1 Å². The van der Waals surface area contributed by atoms with Crippen LogP contribution >= 0.6 is 0 Å². The third-order valence-corrected chi connectivity index (χ3v) is 4.76. The minimum absolute atomic E-state index is 0.813. The maximum absolute atomic E-state index is 5.84. The highest BCUT2D eigenvalue weighted by atomic mass is 15.0. The van der Waals surface area contributed by atoms with Crippen LogP contribution in [0.5, 0.6) is 0 Å². The van der Waals surface area contributed by atoms with Gasteiger partial charge in [-0.15, -0.1) is 0 Å². The molecule has 0 aliphatic carbocycles. The fraction of sp³-hybridized carbons (Fsp3) is 0.182. The van der Waals surface area contributed by atoms with Crippen molar-refractivity contribution in [3.63, 3.8) is 0 Å². The van der Waals surface area contributed by atoms with Crippen molar-refractivity contribution >= 4 is 27.5 Å². The molecule has 0 bridgehead atoms. The van der Waals surface area contributed by atoms with Crippen molar-refractivity contribution in [1.29, 1.82) is 0 Å². The molecule has 1 aromatic heterocycles. The Balaban J connectivity index is 1.60. The van der Waals surface area contributed by atoms with Gasteiger partial charge in [-0.1, -0.05) is 36.4 Å². The van der Waals surface area contributed by atoms with E-state index in [2.05, 4.69) is 65.3 Å². The van der Waals surface area contributed by atoms with Crippen molar-refractivity contribution in [1.82, 2.24) is 9.88 Å². The molecule has 0 saturated carbocycles. The number of hydrogen-bond donors (Lipinski definition) is 2. The molecule has 3 N–H and O–H groups in total. The van der Waals surface area contributed by atoms with E-state index in [9.17, 15) is 0 Å². The largest absolute Gasteiger partial charge is 0.399 e. The zero-order valence-electron chi connectivity index (χ0n) is 14.5. The summed E-state index contributed by atoms with van der Waals surface area (Å²) in [5.41, 5.74) is 11.8. The first-order valence-electron chi connectivity index (χ1n) is 8.81. The summed E-state index contributed by atoms with van der Waals surface area (Å²) in [6, 6.07) is 23.5. The maximum Gasteiger partial charge on any atom is 0.0491 e. The molecule has 0 amide bonds. The molecule has 0 spiro atoms. The first-order valence-corrected chi connectivity index (χ1v) is 8.81. The summed E-state index contributed by atoms with van der Waals surface area (Å²) in [6.07, 6.45) is 0. The van der Waals surface area contributed by atoms with E-state index in [-0.39, 0.29) is 0 Å². The molecule has 1 heterocycles. The van der Waals surface area contributed by atoms with Gasteiger partial charge in [-0.05, 0) is 48.4 Å². The molecule has 3 nitrogen and oxygen atoms in total. The molecule has 3 heteroatoms. The summed E-state index contributed by atoms with van der Waals surface area (Å²) in [6.45, 7) is 4.85. The summed E-state index contributed by atoms with van der Waals surface area (Å²) in [5, 5.41) is 6.18. The maximum atomic E-state index is 5.84. The quantitative estimate of drug-likeness (QED) is 0.522. The summed E-state index contributed by atoms with van der Waals surface area (Å²) >= 11 is 0. The Morgan fingerprint density at radius 1 is 0.800 bits per heavy atom. The van der Waals surface area contributed by atoms with Crippen LogP contribution in [0.1, 0.15) is 18.1 Å². The van der Waals surface area contributed by atoms with Crippen LogP contribution in [-0.4, -0.2) is 4.57 Å². The van der Waals surface area contributed by atoms with Crippen molar-refractivity contribution in [2.75, 3.05) is 5.73 Å². The van der Waals surface area contributed by atoms with Gasteiger partial charge < -0.3 is 15.6 Å².